The Labute approximate surface area is 132 Å². The number of nitrogens with zero attached hydrogens (tertiary/aromatic N) is 1. The van der Waals surface area contributed by atoms with Crippen LogP contribution in [0.25, 0.3) is 11.3 Å². The Balaban J connectivity index is 1.95. The van der Waals surface area contributed by atoms with Crippen molar-refractivity contribution >= 4 is 23.4 Å². The number of halogens is 1. The molecule has 1 heterocycles. The molecule has 0 fully saturated rings. The van der Waals surface area contributed by atoms with Gasteiger partial charge in [-0.05, 0) is 24.6 Å². The number of hydrogen-bond acceptors (Lipinski definition) is 4. The van der Waals surface area contributed by atoms with E-state index in [0.717, 1.165) is 12.0 Å². The summed E-state index contributed by atoms with van der Waals surface area (Å²) in [5.41, 5.74) is 1.80. The van der Waals surface area contributed by atoms with Gasteiger partial charge in [-0.15, -0.1) is 11.6 Å². The van der Waals surface area contributed by atoms with Crippen molar-refractivity contribution in [2.75, 3.05) is 11.9 Å². The van der Waals surface area contributed by atoms with Crippen LogP contribution in [0.3, 0.4) is 0 Å². The molecule has 116 valence electrons. The van der Waals surface area contributed by atoms with Crippen LogP contribution in [0.4, 0.5) is 10.5 Å². The molecule has 0 spiro atoms. The van der Waals surface area contributed by atoms with Gasteiger partial charge in [0, 0.05) is 17.3 Å². The number of benzene rings is 1. The highest BCUT2D eigenvalue weighted by molar-refractivity contribution is 6.20. The van der Waals surface area contributed by atoms with E-state index in [1.54, 1.807) is 30.3 Å². The van der Waals surface area contributed by atoms with Gasteiger partial charge in [0.2, 0.25) is 0 Å². The molecule has 6 nitrogen and oxygen atoms in total. The van der Waals surface area contributed by atoms with Crippen molar-refractivity contribution in [2.45, 2.75) is 18.7 Å². The molecule has 0 aliphatic carbocycles. The molecule has 1 aromatic carbocycles. The smallest absolute Gasteiger partial charge is 0.411 e. The van der Waals surface area contributed by atoms with Crippen LogP contribution in [-0.2, 0) is 4.74 Å². The third-order valence-corrected chi connectivity index (χ3v) is 3.38. The first-order chi connectivity index (χ1) is 10.6. The Morgan fingerprint density at radius 1 is 1.32 bits per heavy atom. The van der Waals surface area contributed by atoms with E-state index < -0.39 is 6.09 Å². The third kappa shape index (κ3) is 4.60. The van der Waals surface area contributed by atoms with E-state index in [0.29, 0.717) is 11.4 Å². The number of carbonyl (C=O) groups excluding carboxylic acids is 1. The number of anilines is 1. The summed E-state index contributed by atoms with van der Waals surface area (Å²) in [5, 5.41) is 8.73. The quantitative estimate of drug-likeness (QED) is 0.829. The lowest BCUT2D eigenvalue weighted by Crippen LogP contribution is -2.18. The molecule has 0 bridgehead atoms. The fourth-order valence-corrected chi connectivity index (χ4v) is 1.73. The first kappa shape index (κ1) is 16.0. The van der Waals surface area contributed by atoms with E-state index in [9.17, 15) is 9.59 Å². The first-order valence-corrected chi connectivity index (χ1v) is 7.26. The molecule has 2 N–H and O–H groups in total. The number of nitrogens with one attached hydrogen (secondary N) is 2. The topological polar surface area (TPSA) is 84.1 Å². The average molecular weight is 322 g/mol. The molecule has 0 saturated carbocycles. The minimum atomic E-state index is -0.547. The zero-order valence-electron chi connectivity index (χ0n) is 12.0. The second-order valence-electron chi connectivity index (χ2n) is 4.61. The summed E-state index contributed by atoms with van der Waals surface area (Å²) in [6.07, 6.45) is 0.185. The van der Waals surface area contributed by atoms with E-state index in [1.807, 2.05) is 6.92 Å². The van der Waals surface area contributed by atoms with Crippen LogP contribution in [0.2, 0.25) is 0 Å². The Hall–Kier alpha value is -2.34. The minimum absolute atomic E-state index is 0.170. The molecule has 0 aliphatic rings. The molecule has 2 aromatic rings. The van der Waals surface area contributed by atoms with Gasteiger partial charge < -0.3 is 4.74 Å². The number of hydrogen-bond donors (Lipinski definition) is 2. The number of aromatic amines is 1. The molecular weight excluding hydrogens is 306 g/mol. The summed E-state index contributed by atoms with van der Waals surface area (Å²) >= 11 is 5.87. The maximum Gasteiger partial charge on any atom is 0.411 e. The predicted molar refractivity (Wildman–Crippen MR) is 85.2 cm³/mol. The van der Waals surface area contributed by atoms with Crippen molar-refractivity contribution in [3.8, 4) is 11.3 Å². The normalized spacial score (nSPS) is 11.7. The molecule has 1 atom stereocenters. The summed E-state index contributed by atoms with van der Waals surface area (Å²) in [4.78, 5) is 22.6. The number of ether oxygens (including phenoxy) is 1. The maximum atomic E-state index is 11.6. The highest BCUT2D eigenvalue weighted by Gasteiger charge is 2.07. The predicted octanol–water partition coefficient (Wildman–Crippen LogP) is 3.00. The van der Waals surface area contributed by atoms with E-state index >= 15 is 0 Å². The Morgan fingerprint density at radius 2 is 2.05 bits per heavy atom. The van der Waals surface area contributed by atoms with Crippen molar-refractivity contribution in [3.63, 3.8) is 0 Å². The fourth-order valence-electron chi connectivity index (χ4n) is 1.67. The van der Waals surface area contributed by atoms with Gasteiger partial charge in [0.15, 0.2) is 0 Å². The van der Waals surface area contributed by atoms with Gasteiger partial charge in [-0.1, -0.05) is 19.1 Å². The van der Waals surface area contributed by atoms with Crippen LogP contribution in [0.15, 0.2) is 41.2 Å². The highest BCUT2D eigenvalue weighted by atomic mass is 35.5. The van der Waals surface area contributed by atoms with E-state index in [2.05, 4.69) is 15.5 Å². The summed E-state index contributed by atoms with van der Waals surface area (Å²) in [6, 6.07) is 10.0. The number of rotatable bonds is 5. The van der Waals surface area contributed by atoms with Gasteiger partial charge in [-0.3, -0.25) is 10.1 Å². The van der Waals surface area contributed by atoms with Crippen LogP contribution in [0, 0.1) is 0 Å². The molecule has 0 radical (unpaired) electrons. The molecular formula is C15H16ClN3O3. The second kappa shape index (κ2) is 7.61. The molecule has 22 heavy (non-hydrogen) atoms. The monoisotopic (exact) mass is 321 g/mol. The lowest BCUT2D eigenvalue weighted by Gasteiger charge is -2.09. The first-order valence-electron chi connectivity index (χ1n) is 6.82. The van der Waals surface area contributed by atoms with Crippen LogP contribution < -0.4 is 10.9 Å². The van der Waals surface area contributed by atoms with Crippen molar-refractivity contribution in [3.05, 3.63) is 46.8 Å². The highest BCUT2D eigenvalue weighted by Crippen LogP contribution is 2.18. The Morgan fingerprint density at radius 3 is 2.64 bits per heavy atom. The summed E-state index contributed by atoms with van der Waals surface area (Å²) in [7, 11) is 0. The molecule has 0 aliphatic heterocycles. The zero-order chi connectivity index (χ0) is 15.9. The number of H-pyrrole nitrogens is 1. The maximum absolute atomic E-state index is 11.6. The van der Waals surface area contributed by atoms with E-state index in [-0.39, 0.29) is 17.5 Å². The van der Waals surface area contributed by atoms with Gasteiger partial charge >= 0.3 is 6.09 Å². The van der Waals surface area contributed by atoms with Gasteiger partial charge in [-0.2, -0.15) is 5.10 Å². The zero-order valence-corrected chi connectivity index (χ0v) is 12.8. The van der Waals surface area contributed by atoms with Gasteiger partial charge in [-0.25, -0.2) is 9.89 Å². The van der Waals surface area contributed by atoms with Crippen LogP contribution in [0.1, 0.15) is 13.3 Å². The SMILES string of the molecule is CCC(Cl)COC(=O)Nc1ccc(-c2ccc(=O)[nH]n2)cc1. The standard InChI is InChI=1S/C15H16ClN3O3/c1-2-11(16)9-22-15(21)17-12-5-3-10(4-6-12)13-7-8-14(20)19-18-13/h3-8,11H,2,9H2,1H3,(H,17,21)(H,19,20). The van der Waals surface area contributed by atoms with Crippen molar-refractivity contribution in [1.82, 2.24) is 10.2 Å². The van der Waals surface area contributed by atoms with Crippen LogP contribution >= 0.6 is 11.6 Å². The van der Waals surface area contributed by atoms with Gasteiger partial charge in [0.05, 0.1) is 11.1 Å². The van der Waals surface area contributed by atoms with E-state index in [4.69, 9.17) is 16.3 Å². The van der Waals surface area contributed by atoms with Crippen LogP contribution in [0.5, 0.6) is 0 Å². The van der Waals surface area contributed by atoms with Gasteiger partial charge in [0.1, 0.15) is 6.61 Å². The summed E-state index contributed by atoms with van der Waals surface area (Å²) in [5.74, 6) is 0. The Bertz CT molecular complexity index is 665. The average Bonchev–Trinajstić information content (AvgIpc) is 2.54. The third-order valence-electron chi connectivity index (χ3n) is 2.94. The molecule has 1 amide bonds. The molecule has 2 rings (SSSR count). The number of alkyl halides is 1. The summed E-state index contributed by atoms with van der Waals surface area (Å²) < 4.78 is 4.99. The van der Waals surface area contributed by atoms with Crippen molar-refractivity contribution < 1.29 is 9.53 Å². The number of aromatic nitrogens is 2. The van der Waals surface area contributed by atoms with Crippen LogP contribution in [-0.4, -0.2) is 28.3 Å². The molecule has 0 saturated heterocycles. The number of amides is 1. The summed E-state index contributed by atoms with van der Waals surface area (Å²) in [6.45, 7) is 2.09. The van der Waals surface area contributed by atoms with Crippen molar-refractivity contribution in [1.29, 1.82) is 0 Å². The van der Waals surface area contributed by atoms with Gasteiger partial charge in [0.25, 0.3) is 5.56 Å². The Kier molecular flexibility index (Phi) is 5.55. The van der Waals surface area contributed by atoms with E-state index in [1.165, 1.54) is 6.07 Å². The van der Waals surface area contributed by atoms with Crippen molar-refractivity contribution in [2.24, 2.45) is 0 Å². The minimum Gasteiger partial charge on any atom is -0.448 e. The lowest BCUT2D eigenvalue weighted by molar-refractivity contribution is 0.161. The largest absolute Gasteiger partial charge is 0.448 e. The molecule has 1 unspecified atom stereocenters. The number of carbonyl (C=O) groups is 1. The lowest BCUT2D eigenvalue weighted by atomic mass is 10.1. The second-order valence-corrected chi connectivity index (χ2v) is 5.23. The molecule has 7 heteroatoms. The fraction of sp³-hybridized carbons (Fsp3) is 0.267. The molecule has 1 aromatic heterocycles.